The van der Waals surface area contributed by atoms with Gasteiger partial charge in [-0.25, -0.2) is 0 Å². The van der Waals surface area contributed by atoms with Gasteiger partial charge >= 0.3 is 5.97 Å². The van der Waals surface area contributed by atoms with Crippen LogP contribution in [0.3, 0.4) is 0 Å². The molecule has 0 aromatic carbocycles. The van der Waals surface area contributed by atoms with Crippen LogP contribution in [-0.2, 0) is 14.3 Å². The van der Waals surface area contributed by atoms with Crippen LogP contribution in [0.4, 0.5) is 0 Å². The molecule has 3 N–H and O–H groups in total. The molecule has 1 amide bonds. The lowest BCUT2D eigenvalue weighted by molar-refractivity contribution is -0.150. The highest BCUT2D eigenvalue weighted by Crippen LogP contribution is 2.14. The molecule has 0 aromatic rings. The number of ether oxygens (including phenoxy) is 1. The van der Waals surface area contributed by atoms with E-state index >= 15 is 0 Å². The van der Waals surface area contributed by atoms with Crippen molar-refractivity contribution in [1.29, 1.82) is 0 Å². The first-order valence-electron chi connectivity index (χ1n) is 22.8. The Kier molecular flexibility index (Phi) is 41.5. The predicted octanol–water partition coefficient (Wildman–Crippen LogP) is 13.3. The van der Waals surface area contributed by atoms with Gasteiger partial charge in [0, 0.05) is 12.8 Å². The second kappa shape index (κ2) is 44.4. The molecular formula is C52H83NO5. The monoisotopic (exact) mass is 802 g/mol. The highest BCUT2D eigenvalue weighted by molar-refractivity contribution is 5.77. The molecule has 58 heavy (non-hydrogen) atoms. The zero-order chi connectivity index (χ0) is 42.4. The van der Waals surface area contributed by atoms with Crippen LogP contribution in [0.25, 0.3) is 0 Å². The second-order valence-electron chi connectivity index (χ2n) is 14.8. The number of hydrogen-bond acceptors (Lipinski definition) is 5. The number of esters is 1. The molecule has 0 fully saturated rings. The highest BCUT2D eigenvalue weighted by atomic mass is 16.5. The molecule has 0 heterocycles. The van der Waals surface area contributed by atoms with Crippen molar-refractivity contribution >= 4 is 11.9 Å². The Balaban J connectivity index is 4.89. The molecule has 3 unspecified atom stereocenters. The van der Waals surface area contributed by atoms with Crippen LogP contribution in [0, 0.1) is 0 Å². The fourth-order valence-electron chi connectivity index (χ4n) is 6.00. The molecule has 0 saturated heterocycles. The van der Waals surface area contributed by atoms with E-state index in [9.17, 15) is 19.8 Å². The summed E-state index contributed by atoms with van der Waals surface area (Å²) < 4.78 is 5.82. The number of nitrogens with one attached hydrogen (secondary N) is 1. The molecule has 0 aliphatic heterocycles. The van der Waals surface area contributed by atoms with Crippen LogP contribution < -0.4 is 5.32 Å². The number of aliphatic hydroxyl groups is 2. The summed E-state index contributed by atoms with van der Waals surface area (Å²) in [4.78, 5) is 26.0. The average molecular weight is 802 g/mol. The summed E-state index contributed by atoms with van der Waals surface area (Å²) in [6.07, 6.45) is 61.3. The molecule has 0 aliphatic carbocycles. The van der Waals surface area contributed by atoms with Crippen molar-refractivity contribution in [2.24, 2.45) is 0 Å². The van der Waals surface area contributed by atoms with Crippen LogP contribution in [0.1, 0.15) is 168 Å². The molecular weight excluding hydrogens is 719 g/mol. The minimum atomic E-state index is -0.825. The van der Waals surface area contributed by atoms with Gasteiger partial charge in [-0.15, -0.1) is 0 Å². The van der Waals surface area contributed by atoms with Gasteiger partial charge in [0.2, 0.25) is 5.91 Å². The van der Waals surface area contributed by atoms with Gasteiger partial charge in [-0.2, -0.15) is 0 Å². The molecule has 0 bridgehead atoms. The smallest absolute Gasteiger partial charge is 0.306 e. The lowest BCUT2D eigenvalue weighted by Crippen LogP contribution is -2.46. The summed E-state index contributed by atoms with van der Waals surface area (Å²) in [6.45, 7) is 6.13. The number of carbonyl (C=O) groups excluding carboxylic acids is 2. The van der Waals surface area contributed by atoms with Gasteiger partial charge in [-0.05, 0) is 64.2 Å². The van der Waals surface area contributed by atoms with Gasteiger partial charge in [0.05, 0.1) is 25.2 Å². The standard InChI is InChI=1S/C52H83NO5/c1-4-7-10-13-16-19-21-23-25-27-29-32-34-37-40-43-48(46-51(56)53-49(47-54)50(55)44-41-38-35-31-18-15-12-9-6-3)58-52(57)45-42-39-36-33-30-28-26-24-22-20-17-14-11-8-5-2/h7-8,10-11,14,16-17,19-20,22-26,28-30,32,37,40,48-50,54-55H,4-6,9,12-13,15,18,21,27,31,33-36,38-39,41-47H2,1-3H3,(H,53,56)/b10-7-,11-8+,17-14+,19-16-,22-20-,25-23-,26-24-,30-28+,32-29-,40-37-. The van der Waals surface area contributed by atoms with Gasteiger partial charge in [0.15, 0.2) is 0 Å². The van der Waals surface area contributed by atoms with E-state index in [-0.39, 0.29) is 24.9 Å². The Labute approximate surface area is 355 Å². The van der Waals surface area contributed by atoms with Crippen molar-refractivity contribution in [2.75, 3.05) is 6.61 Å². The van der Waals surface area contributed by atoms with E-state index < -0.39 is 18.2 Å². The van der Waals surface area contributed by atoms with Crippen LogP contribution in [-0.4, -0.2) is 46.9 Å². The maximum atomic E-state index is 13.1. The first kappa shape index (κ1) is 54.3. The summed E-state index contributed by atoms with van der Waals surface area (Å²) in [5.41, 5.74) is 0. The van der Waals surface area contributed by atoms with E-state index in [2.05, 4.69) is 86.8 Å². The number of unbranched alkanes of at least 4 members (excludes halogenated alkanes) is 11. The lowest BCUT2D eigenvalue weighted by Gasteiger charge is -2.24. The Bertz CT molecular complexity index is 1260. The summed E-state index contributed by atoms with van der Waals surface area (Å²) in [7, 11) is 0. The van der Waals surface area contributed by atoms with E-state index in [4.69, 9.17) is 4.74 Å². The number of rotatable bonds is 38. The first-order chi connectivity index (χ1) is 28.5. The van der Waals surface area contributed by atoms with Crippen molar-refractivity contribution < 1.29 is 24.5 Å². The maximum Gasteiger partial charge on any atom is 0.306 e. The van der Waals surface area contributed by atoms with Gasteiger partial charge in [-0.1, -0.05) is 206 Å². The molecule has 3 atom stereocenters. The summed E-state index contributed by atoms with van der Waals surface area (Å²) >= 11 is 0. The molecule has 0 rings (SSSR count). The molecule has 0 spiro atoms. The Hall–Kier alpha value is -3.74. The number of hydrogen-bond donors (Lipinski definition) is 3. The molecule has 6 heteroatoms. The number of aliphatic hydroxyl groups excluding tert-OH is 2. The van der Waals surface area contributed by atoms with Crippen molar-refractivity contribution in [3.05, 3.63) is 122 Å². The van der Waals surface area contributed by atoms with Crippen LogP contribution in [0.15, 0.2) is 122 Å². The quantitative estimate of drug-likeness (QED) is 0.0250. The minimum absolute atomic E-state index is 0.0268. The van der Waals surface area contributed by atoms with Crippen LogP contribution in [0.5, 0.6) is 0 Å². The fraction of sp³-hybridized carbons (Fsp3) is 0.577. The molecule has 0 aliphatic rings. The zero-order valence-corrected chi connectivity index (χ0v) is 36.9. The Morgan fingerprint density at radius 1 is 0.552 bits per heavy atom. The molecule has 0 aromatic heterocycles. The third kappa shape index (κ3) is 39.1. The van der Waals surface area contributed by atoms with E-state index in [0.29, 0.717) is 19.3 Å². The van der Waals surface area contributed by atoms with Crippen molar-refractivity contribution in [1.82, 2.24) is 5.32 Å². The molecule has 6 nitrogen and oxygen atoms in total. The molecule has 0 radical (unpaired) electrons. The van der Waals surface area contributed by atoms with E-state index in [1.165, 1.54) is 38.5 Å². The third-order valence-electron chi connectivity index (χ3n) is 9.42. The highest BCUT2D eigenvalue weighted by Gasteiger charge is 2.23. The third-order valence-corrected chi connectivity index (χ3v) is 9.42. The normalized spacial score (nSPS) is 14.5. The summed E-state index contributed by atoms with van der Waals surface area (Å²) in [5, 5.41) is 23.5. The topological polar surface area (TPSA) is 95.9 Å². The zero-order valence-electron chi connectivity index (χ0n) is 36.9. The number of allylic oxidation sites excluding steroid dienone is 19. The Morgan fingerprint density at radius 3 is 1.59 bits per heavy atom. The van der Waals surface area contributed by atoms with Gasteiger partial charge in [-0.3, -0.25) is 9.59 Å². The maximum absolute atomic E-state index is 13.1. The molecule has 0 saturated carbocycles. The van der Waals surface area contributed by atoms with Gasteiger partial charge < -0.3 is 20.3 Å². The summed E-state index contributed by atoms with van der Waals surface area (Å²) in [6, 6.07) is -0.747. The van der Waals surface area contributed by atoms with Crippen molar-refractivity contribution in [3.63, 3.8) is 0 Å². The van der Waals surface area contributed by atoms with E-state index in [1.807, 2.05) is 60.8 Å². The molecule has 326 valence electrons. The largest absolute Gasteiger partial charge is 0.461 e. The number of amides is 1. The SMILES string of the molecule is CC/C=C\C/C=C\C/C=C\C/C=C\C/C=C\CC(CC(=O)NC(CO)C(O)CCCCCCCCCCC)OC(=O)CCCCC/C=C/C=C\C=C/C=C/C=C/CC. The van der Waals surface area contributed by atoms with Gasteiger partial charge in [0.25, 0.3) is 0 Å². The summed E-state index contributed by atoms with van der Waals surface area (Å²) in [5.74, 6) is -0.647. The minimum Gasteiger partial charge on any atom is -0.461 e. The van der Waals surface area contributed by atoms with Crippen molar-refractivity contribution in [2.45, 2.75) is 187 Å². The predicted molar refractivity (Wildman–Crippen MR) is 250 cm³/mol. The second-order valence-corrected chi connectivity index (χ2v) is 14.8. The lowest BCUT2D eigenvalue weighted by atomic mass is 10.0. The van der Waals surface area contributed by atoms with Crippen LogP contribution >= 0.6 is 0 Å². The van der Waals surface area contributed by atoms with E-state index in [1.54, 1.807) is 0 Å². The van der Waals surface area contributed by atoms with Gasteiger partial charge in [0.1, 0.15) is 6.10 Å². The van der Waals surface area contributed by atoms with Crippen LogP contribution in [0.2, 0.25) is 0 Å². The average Bonchev–Trinajstić information content (AvgIpc) is 3.22. The number of carbonyl (C=O) groups is 2. The first-order valence-corrected chi connectivity index (χ1v) is 22.8. The Morgan fingerprint density at radius 2 is 1.03 bits per heavy atom. The fourth-order valence-corrected chi connectivity index (χ4v) is 6.00. The van der Waals surface area contributed by atoms with Crippen molar-refractivity contribution in [3.8, 4) is 0 Å². The van der Waals surface area contributed by atoms with E-state index in [0.717, 1.165) is 83.5 Å².